The van der Waals surface area contributed by atoms with E-state index in [1.54, 1.807) is 30.3 Å². The van der Waals surface area contributed by atoms with Gasteiger partial charge >= 0.3 is 5.97 Å². The van der Waals surface area contributed by atoms with E-state index in [0.717, 1.165) is 6.08 Å². The van der Waals surface area contributed by atoms with Gasteiger partial charge in [0.05, 0.1) is 10.5 Å². The highest BCUT2D eigenvalue weighted by Crippen LogP contribution is 2.19. The maximum atomic E-state index is 11.9. The van der Waals surface area contributed by atoms with E-state index in [0.29, 0.717) is 11.4 Å². The molecule has 1 amide bonds. The summed E-state index contributed by atoms with van der Waals surface area (Å²) in [5.74, 6) is -0.907. The molecule has 0 aliphatic rings. The van der Waals surface area contributed by atoms with Crippen molar-refractivity contribution >= 4 is 35.1 Å². The Morgan fingerprint density at radius 2 is 1.77 bits per heavy atom. The molecule has 0 unspecified atom stereocenters. The standard InChI is InChI=1S/C21H20N2O7/c1-15(24)22-17-7-10-19(11-8-17)29-12-13-30-21(26)14-18(25)9-6-16-4-2-3-5-20(16)23(27)28/h2-11H,12-14H2,1H3,(H,22,24). The third kappa shape index (κ3) is 7.55. The maximum Gasteiger partial charge on any atom is 0.313 e. The largest absolute Gasteiger partial charge is 0.490 e. The molecule has 2 aromatic carbocycles. The van der Waals surface area contributed by atoms with Crippen LogP contribution in [0.4, 0.5) is 11.4 Å². The molecule has 0 saturated carbocycles. The number of allylic oxidation sites excluding steroid dienone is 1. The summed E-state index contributed by atoms with van der Waals surface area (Å²) in [6, 6.07) is 12.6. The van der Waals surface area contributed by atoms with Crippen molar-refractivity contribution in [2.75, 3.05) is 18.5 Å². The van der Waals surface area contributed by atoms with Crippen LogP contribution in [-0.2, 0) is 19.1 Å². The van der Waals surface area contributed by atoms with Gasteiger partial charge in [0.25, 0.3) is 5.69 Å². The third-order valence-electron chi connectivity index (χ3n) is 3.69. The molecule has 0 aliphatic heterocycles. The van der Waals surface area contributed by atoms with E-state index >= 15 is 0 Å². The molecule has 0 saturated heterocycles. The quantitative estimate of drug-likeness (QED) is 0.159. The van der Waals surface area contributed by atoms with Gasteiger partial charge in [-0.15, -0.1) is 0 Å². The Morgan fingerprint density at radius 3 is 2.43 bits per heavy atom. The second-order valence-electron chi connectivity index (χ2n) is 6.07. The number of carbonyl (C=O) groups excluding carboxylic acids is 3. The summed E-state index contributed by atoms with van der Waals surface area (Å²) in [6.07, 6.45) is 1.92. The second kappa shape index (κ2) is 11.1. The van der Waals surface area contributed by atoms with Gasteiger partial charge in [0.1, 0.15) is 25.4 Å². The zero-order chi connectivity index (χ0) is 21.9. The van der Waals surface area contributed by atoms with Gasteiger partial charge in [-0.25, -0.2) is 0 Å². The minimum Gasteiger partial charge on any atom is -0.490 e. The number of rotatable bonds is 10. The number of ketones is 1. The molecule has 9 nitrogen and oxygen atoms in total. The SMILES string of the molecule is CC(=O)Nc1ccc(OCCOC(=O)CC(=O)C=Cc2ccccc2[N+](=O)[O-])cc1. The lowest BCUT2D eigenvalue weighted by atomic mass is 10.1. The Labute approximate surface area is 172 Å². The summed E-state index contributed by atoms with van der Waals surface area (Å²) in [7, 11) is 0. The van der Waals surface area contributed by atoms with Crippen molar-refractivity contribution in [3.05, 3.63) is 70.3 Å². The van der Waals surface area contributed by atoms with Crippen LogP contribution >= 0.6 is 0 Å². The topological polar surface area (TPSA) is 125 Å². The molecule has 0 bridgehead atoms. The molecule has 0 heterocycles. The molecule has 9 heteroatoms. The average molecular weight is 412 g/mol. The summed E-state index contributed by atoms with van der Waals surface area (Å²) in [6.45, 7) is 1.45. The van der Waals surface area contributed by atoms with Crippen LogP contribution in [0.25, 0.3) is 6.08 Å². The Balaban J connectivity index is 1.72. The number of hydrogen-bond donors (Lipinski definition) is 1. The molecule has 2 rings (SSSR count). The number of nitro benzene ring substituents is 1. The van der Waals surface area contributed by atoms with Crippen LogP contribution in [0.2, 0.25) is 0 Å². The molecule has 0 atom stereocenters. The molecule has 30 heavy (non-hydrogen) atoms. The van der Waals surface area contributed by atoms with Crippen molar-refractivity contribution in [1.82, 2.24) is 0 Å². The first-order chi connectivity index (χ1) is 14.3. The number of amides is 1. The molecular weight excluding hydrogens is 392 g/mol. The monoisotopic (exact) mass is 412 g/mol. The molecule has 0 spiro atoms. The highest BCUT2D eigenvalue weighted by molar-refractivity contribution is 6.04. The summed E-state index contributed by atoms with van der Waals surface area (Å²) >= 11 is 0. The number of para-hydroxylation sites is 1. The Hall–Kier alpha value is -4.01. The van der Waals surface area contributed by atoms with Crippen LogP contribution in [0.3, 0.4) is 0 Å². The maximum absolute atomic E-state index is 11.9. The number of carbonyl (C=O) groups is 3. The van der Waals surface area contributed by atoms with Crippen molar-refractivity contribution < 1.29 is 28.8 Å². The second-order valence-corrected chi connectivity index (χ2v) is 6.07. The Kier molecular flexibility index (Phi) is 8.25. The molecule has 0 aromatic heterocycles. The molecule has 0 radical (unpaired) electrons. The number of nitro groups is 1. The van der Waals surface area contributed by atoms with Crippen LogP contribution in [0.1, 0.15) is 18.9 Å². The Bertz CT molecular complexity index is 952. The number of esters is 1. The van der Waals surface area contributed by atoms with E-state index in [-0.39, 0.29) is 30.4 Å². The van der Waals surface area contributed by atoms with Gasteiger partial charge in [-0.1, -0.05) is 12.1 Å². The van der Waals surface area contributed by atoms with Crippen LogP contribution in [0.15, 0.2) is 54.6 Å². The van der Waals surface area contributed by atoms with Gasteiger partial charge in [-0.05, 0) is 42.5 Å². The van der Waals surface area contributed by atoms with E-state index in [1.807, 2.05) is 0 Å². The first kappa shape index (κ1) is 22.3. The Morgan fingerprint density at radius 1 is 1.07 bits per heavy atom. The molecule has 2 aromatic rings. The van der Waals surface area contributed by atoms with Gasteiger partial charge in [-0.2, -0.15) is 0 Å². The lowest BCUT2D eigenvalue weighted by Crippen LogP contribution is -2.14. The van der Waals surface area contributed by atoms with Gasteiger partial charge in [0.15, 0.2) is 5.78 Å². The summed E-state index contributed by atoms with van der Waals surface area (Å²) in [5.41, 5.74) is 0.766. The van der Waals surface area contributed by atoms with Crippen LogP contribution in [0.5, 0.6) is 5.75 Å². The highest BCUT2D eigenvalue weighted by Gasteiger charge is 2.12. The van der Waals surface area contributed by atoms with E-state index < -0.39 is 23.1 Å². The summed E-state index contributed by atoms with van der Waals surface area (Å²) in [4.78, 5) is 44.9. The zero-order valence-corrected chi connectivity index (χ0v) is 16.2. The lowest BCUT2D eigenvalue weighted by Gasteiger charge is -2.08. The first-order valence-electron chi connectivity index (χ1n) is 8.95. The fourth-order valence-corrected chi connectivity index (χ4v) is 2.38. The van der Waals surface area contributed by atoms with E-state index in [4.69, 9.17) is 9.47 Å². The molecular formula is C21H20N2O7. The fourth-order valence-electron chi connectivity index (χ4n) is 2.38. The first-order valence-corrected chi connectivity index (χ1v) is 8.95. The smallest absolute Gasteiger partial charge is 0.313 e. The number of nitrogens with one attached hydrogen (secondary N) is 1. The summed E-state index contributed by atoms with van der Waals surface area (Å²) < 4.78 is 10.4. The predicted molar refractivity (Wildman–Crippen MR) is 109 cm³/mol. The highest BCUT2D eigenvalue weighted by atomic mass is 16.6. The van der Waals surface area contributed by atoms with E-state index in [2.05, 4.69) is 5.32 Å². The van der Waals surface area contributed by atoms with Crippen LogP contribution < -0.4 is 10.1 Å². The van der Waals surface area contributed by atoms with Gasteiger partial charge in [0, 0.05) is 18.7 Å². The van der Waals surface area contributed by atoms with Crippen molar-refractivity contribution in [2.24, 2.45) is 0 Å². The van der Waals surface area contributed by atoms with E-state index in [1.165, 1.54) is 31.2 Å². The molecule has 0 aliphatic carbocycles. The average Bonchev–Trinajstić information content (AvgIpc) is 2.70. The third-order valence-corrected chi connectivity index (χ3v) is 3.69. The number of ether oxygens (including phenoxy) is 2. The van der Waals surface area contributed by atoms with Crippen molar-refractivity contribution in [2.45, 2.75) is 13.3 Å². The van der Waals surface area contributed by atoms with Crippen molar-refractivity contribution in [3.8, 4) is 5.75 Å². The van der Waals surface area contributed by atoms with Crippen molar-refractivity contribution in [1.29, 1.82) is 0 Å². The normalized spacial score (nSPS) is 10.4. The van der Waals surface area contributed by atoms with Crippen LogP contribution in [0, 0.1) is 10.1 Å². The minimum atomic E-state index is -0.725. The molecule has 156 valence electrons. The lowest BCUT2D eigenvalue weighted by molar-refractivity contribution is -0.385. The summed E-state index contributed by atoms with van der Waals surface area (Å²) in [5, 5.41) is 13.6. The van der Waals surface area contributed by atoms with Gasteiger partial charge < -0.3 is 14.8 Å². The molecule has 1 N–H and O–H groups in total. The van der Waals surface area contributed by atoms with Gasteiger partial charge in [0.2, 0.25) is 5.91 Å². The van der Waals surface area contributed by atoms with Gasteiger partial charge in [-0.3, -0.25) is 24.5 Å². The minimum absolute atomic E-state index is 0.0482. The van der Waals surface area contributed by atoms with Crippen LogP contribution in [-0.4, -0.2) is 35.8 Å². The number of benzene rings is 2. The number of anilines is 1. The number of nitrogens with zero attached hydrogens (tertiary/aromatic N) is 1. The fraction of sp³-hybridized carbons (Fsp3) is 0.190. The van der Waals surface area contributed by atoms with E-state index in [9.17, 15) is 24.5 Å². The predicted octanol–water partition coefficient (Wildman–Crippen LogP) is 3.15. The van der Waals surface area contributed by atoms with Crippen molar-refractivity contribution in [3.63, 3.8) is 0 Å². The number of hydrogen-bond acceptors (Lipinski definition) is 7. The zero-order valence-electron chi connectivity index (χ0n) is 16.2. The molecule has 0 fully saturated rings.